The first-order valence-corrected chi connectivity index (χ1v) is 8.79. The smallest absolute Gasteiger partial charge is 0.249 e. The Morgan fingerprint density at radius 1 is 1.04 bits per heavy atom. The molecule has 1 aliphatic heterocycles. The zero-order valence-electron chi connectivity index (χ0n) is 13.4. The SMILES string of the molecule is NC(=O)c1cc(Sc2ccc3c(c2)OCCCO3)nc2ccccc12. The summed E-state index contributed by atoms with van der Waals surface area (Å²) in [6.45, 7) is 1.30. The first-order chi connectivity index (χ1) is 12.2. The summed E-state index contributed by atoms with van der Waals surface area (Å²) in [4.78, 5) is 17.4. The van der Waals surface area contributed by atoms with E-state index in [0.717, 1.165) is 33.7 Å². The minimum absolute atomic E-state index is 0.459. The lowest BCUT2D eigenvalue weighted by atomic mass is 10.1. The number of primary amides is 1. The topological polar surface area (TPSA) is 74.4 Å². The van der Waals surface area contributed by atoms with Gasteiger partial charge in [-0.3, -0.25) is 4.79 Å². The normalized spacial score (nSPS) is 13.4. The van der Waals surface area contributed by atoms with Crippen molar-refractivity contribution in [3.63, 3.8) is 0 Å². The fourth-order valence-electron chi connectivity index (χ4n) is 2.74. The molecule has 1 amide bonds. The summed E-state index contributed by atoms with van der Waals surface area (Å²) < 4.78 is 11.4. The Bertz CT molecular complexity index is 959. The Labute approximate surface area is 149 Å². The highest BCUT2D eigenvalue weighted by Gasteiger charge is 2.14. The molecular weight excluding hydrogens is 336 g/mol. The van der Waals surface area contributed by atoms with E-state index in [1.54, 1.807) is 6.07 Å². The van der Waals surface area contributed by atoms with E-state index < -0.39 is 5.91 Å². The van der Waals surface area contributed by atoms with Crippen molar-refractivity contribution in [2.45, 2.75) is 16.3 Å². The molecule has 126 valence electrons. The Hall–Kier alpha value is -2.73. The maximum Gasteiger partial charge on any atom is 0.249 e. The molecule has 0 aliphatic carbocycles. The van der Waals surface area contributed by atoms with Gasteiger partial charge in [0.05, 0.1) is 24.3 Å². The molecule has 1 aromatic heterocycles. The molecule has 25 heavy (non-hydrogen) atoms. The molecule has 0 atom stereocenters. The Kier molecular flexibility index (Phi) is 4.19. The van der Waals surface area contributed by atoms with Crippen LogP contribution in [0.3, 0.4) is 0 Å². The van der Waals surface area contributed by atoms with Crippen molar-refractivity contribution in [3.05, 3.63) is 54.1 Å². The standard InChI is InChI=1S/C19H16N2O3S/c20-19(22)14-11-18(21-15-5-2-1-4-13(14)15)25-12-6-7-16-17(10-12)24-9-3-8-23-16/h1-2,4-7,10-11H,3,8-9H2,(H2,20,22). The number of benzene rings is 2. The summed E-state index contributed by atoms with van der Waals surface area (Å²) in [5, 5.41) is 1.47. The number of hydrogen-bond donors (Lipinski definition) is 1. The number of carbonyl (C=O) groups is 1. The average Bonchev–Trinajstić information content (AvgIpc) is 2.86. The highest BCUT2D eigenvalue weighted by Crippen LogP contribution is 2.37. The summed E-state index contributed by atoms with van der Waals surface area (Å²) in [5.74, 6) is 1.03. The van der Waals surface area contributed by atoms with Crippen molar-refractivity contribution in [2.24, 2.45) is 5.73 Å². The van der Waals surface area contributed by atoms with Gasteiger partial charge in [-0.15, -0.1) is 0 Å². The Morgan fingerprint density at radius 2 is 1.84 bits per heavy atom. The van der Waals surface area contributed by atoms with Crippen LogP contribution in [0.15, 0.2) is 58.5 Å². The van der Waals surface area contributed by atoms with Gasteiger partial charge in [0, 0.05) is 16.7 Å². The molecule has 0 bridgehead atoms. The second kappa shape index (κ2) is 6.64. The number of hydrogen-bond acceptors (Lipinski definition) is 5. The molecule has 2 N–H and O–H groups in total. The number of aromatic nitrogens is 1. The van der Waals surface area contributed by atoms with Crippen LogP contribution in [0.5, 0.6) is 11.5 Å². The van der Waals surface area contributed by atoms with Crippen molar-refractivity contribution in [1.29, 1.82) is 0 Å². The molecule has 2 heterocycles. The zero-order chi connectivity index (χ0) is 17.2. The van der Waals surface area contributed by atoms with Crippen LogP contribution in [-0.2, 0) is 0 Å². The van der Waals surface area contributed by atoms with Crippen LogP contribution in [0.2, 0.25) is 0 Å². The van der Waals surface area contributed by atoms with Gasteiger partial charge in [0.1, 0.15) is 5.03 Å². The fraction of sp³-hybridized carbons (Fsp3) is 0.158. The van der Waals surface area contributed by atoms with Crippen molar-refractivity contribution < 1.29 is 14.3 Å². The number of amides is 1. The van der Waals surface area contributed by atoms with Gasteiger partial charge in [0.2, 0.25) is 5.91 Å². The monoisotopic (exact) mass is 352 g/mol. The van der Waals surface area contributed by atoms with Crippen LogP contribution in [0.4, 0.5) is 0 Å². The quantitative estimate of drug-likeness (QED) is 0.779. The van der Waals surface area contributed by atoms with Gasteiger partial charge < -0.3 is 15.2 Å². The van der Waals surface area contributed by atoms with Gasteiger partial charge in [-0.2, -0.15) is 0 Å². The maximum absolute atomic E-state index is 11.8. The van der Waals surface area contributed by atoms with Crippen LogP contribution in [0.25, 0.3) is 10.9 Å². The third-order valence-electron chi connectivity index (χ3n) is 3.90. The fourth-order valence-corrected chi connectivity index (χ4v) is 3.60. The van der Waals surface area contributed by atoms with E-state index in [2.05, 4.69) is 4.98 Å². The van der Waals surface area contributed by atoms with Crippen LogP contribution >= 0.6 is 11.8 Å². The van der Waals surface area contributed by atoms with Crippen LogP contribution in [-0.4, -0.2) is 24.1 Å². The van der Waals surface area contributed by atoms with Gasteiger partial charge in [-0.25, -0.2) is 4.98 Å². The molecule has 0 unspecified atom stereocenters. The first kappa shape index (κ1) is 15.8. The van der Waals surface area contributed by atoms with E-state index in [4.69, 9.17) is 15.2 Å². The molecule has 3 aromatic rings. The number of para-hydroxylation sites is 1. The molecule has 0 fully saturated rings. The lowest BCUT2D eigenvalue weighted by Crippen LogP contribution is -2.12. The summed E-state index contributed by atoms with van der Waals surface area (Å²) in [5.41, 5.74) is 6.76. The molecule has 4 rings (SSSR count). The third kappa shape index (κ3) is 3.25. The van der Waals surface area contributed by atoms with E-state index in [1.165, 1.54) is 11.8 Å². The van der Waals surface area contributed by atoms with Gasteiger partial charge in [0.15, 0.2) is 11.5 Å². The largest absolute Gasteiger partial charge is 0.490 e. The third-order valence-corrected chi connectivity index (χ3v) is 4.81. The molecule has 0 radical (unpaired) electrons. The lowest BCUT2D eigenvalue weighted by Gasteiger charge is -2.10. The first-order valence-electron chi connectivity index (χ1n) is 7.98. The second-order valence-electron chi connectivity index (χ2n) is 5.65. The van der Waals surface area contributed by atoms with Crippen LogP contribution in [0, 0.1) is 0 Å². The molecule has 0 spiro atoms. The molecular formula is C19H16N2O3S. The van der Waals surface area contributed by atoms with E-state index in [0.29, 0.717) is 23.8 Å². The van der Waals surface area contributed by atoms with Gasteiger partial charge in [0.25, 0.3) is 0 Å². The van der Waals surface area contributed by atoms with Crippen LogP contribution < -0.4 is 15.2 Å². The van der Waals surface area contributed by atoms with Crippen molar-refractivity contribution in [1.82, 2.24) is 4.98 Å². The van der Waals surface area contributed by atoms with Gasteiger partial charge in [-0.1, -0.05) is 30.0 Å². The molecule has 1 aliphatic rings. The number of nitrogens with zero attached hydrogens (tertiary/aromatic N) is 1. The van der Waals surface area contributed by atoms with E-state index in [9.17, 15) is 4.79 Å². The zero-order valence-corrected chi connectivity index (χ0v) is 14.2. The highest BCUT2D eigenvalue weighted by atomic mass is 32.2. The number of fused-ring (bicyclic) bond motifs is 2. The highest BCUT2D eigenvalue weighted by molar-refractivity contribution is 7.99. The summed E-state index contributed by atoms with van der Waals surface area (Å²) in [6, 6.07) is 15.0. The van der Waals surface area contributed by atoms with Crippen molar-refractivity contribution in [2.75, 3.05) is 13.2 Å². The number of carbonyl (C=O) groups excluding carboxylic acids is 1. The van der Waals surface area contributed by atoms with Crippen molar-refractivity contribution in [3.8, 4) is 11.5 Å². The average molecular weight is 352 g/mol. The molecule has 2 aromatic carbocycles. The predicted molar refractivity (Wildman–Crippen MR) is 96.4 cm³/mol. The van der Waals surface area contributed by atoms with Crippen molar-refractivity contribution >= 4 is 28.6 Å². The van der Waals surface area contributed by atoms with E-state index >= 15 is 0 Å². The summed E-state index contributed by atoms with van der Waals surface area (Å²) in [7, 11) is 0. The lowest BCUT2D eigenvalue weighted by molar-refractivity contribution is 0.100. The minimum Gasteiger partial charge on any atom is -0.490 e. The van der Waals surface area contributed by atoms with Gasteiger partial charge >= 0.3 is 0 Å². The Balaban J connectivity index is 1.71. The number of nitrogens with two attached hydrogens (primary N) is 1. The molecule has 6 heteroatoms. The van der Waals surface area contributed by atoms with Crippen LogP contribution in [0.1, 0.15) is 16.8 Å². The molecule has 0 saturated carbocycles. The number of ether oxygens (including phenoxy) is 2. The predicted octanol–water partition coefficient (Wildman–Crippen LogP) is 3.65. The van der Waals surface area contributed by atoms with E-state index in [-0.39, 0.29) is 0 Å². The second-order valence-corrected chi connectivity index (χ2v) is 6.74. The molecule has 0 saturated heterocycles. The summed E-state index contributed by atoms with van der Waals surface area (Å²) >= 11 is 1.46. The maximum atomic E-state index is 11.8. The summed E-state index contributed by atoms with van der Waals surface area (Å²) in [6.07, 6.45) is 0.866. The molecule has 5 nitrogen and oxygen atoms in total. The number of rotatable bonds is 3. The van der Waals surface area contributed by atoms with E-state index in [1.807, 2.05) is 42.5 Å². The van der Waals surface area contributed by atoms with Gasteiger partial charge in [-0.05, 0) is 30.3 Å². The number of pyridine rings is 1. The Morgan fingerprint density at radius 3 is 2.68 bits per heavy atom. The minimum atomic E-state index is -0.459.